The highest BCUT2D eigenvalue weighted by Gasteiger charge is 2.12. The number of carbonyl (C=O) groups is 1. The predicted octanol–water partition coefficient (Wildman–Crippen LogP) is 0.976. The molecule has 3 rings (SSSR count). The van der Waals surface area contributed by atoms with Gasteiger partial charge in [0.05, 0.1) is 12.7 Å². The zero-order valence-corrected chi connectivity index (χ0v) is 12.3. The van der Waals surface area contributed by atoms with Crippen molar-refractivity contribution in [2.75, 3.05) is 19.6 Å². The maximum Gasteiger partial charge on any atom is 0.273 e. The third-order valence-corrected chi connectivity index (χ3v) is 3.59. The Morgan fingerprint density at radius 1 is 1.32 bits per heavy atom. The van der Waals surface area contributed by atoms with E-state index in [0.717, 1.165) is 25.1 Å². The van der Waals surface area contributed by atoms with Gasteiger partial charge in [-0.05, 0) is 18.5 Å². The SMILES string of the molecule is O=C(NCC1=CCNCC1)c1cn(Cc2ccccc2)nn1. The summed E-state index contributed by atoms with van der Waals surface area (Å²) in [5.41, 5.74) is 2.73. The summed E-state index contributed by atoms with van der Waals surface area (Å²) in [6, 6.07) is 9.97. The molecule has 0 aliphatic carbocycles. The molecule has 6 heteroatoms. The van der Waals surface area contributed by atoms with Gasteiger partial charge in [0.1, 0.15) is 0 Å². The Hall–Kier alpha value is -2.47. The molecular weight excluding hydrogens is 278 g/mol. The summed E-state index contributed by atoms with van der Waals surface area (Å²) < 4.78 is 1.67. The van der Waals surface area contributed by atoms with E-state index in [1.807, 2.05) is 30.3 Å². The van der Waals surface area contributed by atoms with E-state index in [2.05, 4.69) is 27.0 Å². The second-order valence-electron chi connectivity index (χ2n) is 5.29. The summed E-state index contributed by atoms with van der Waals surface area (Å²) in [7, 11) is 0. The smallest absolute Gasteiger partial charge is 0.273 e. The van der Waals surface area contributed by atoms with Crippen LogP contribution < -0.4 is 10.6 Å². The molecule has 0 radical (unpaired) electrons. The highest BCUT2D eigenvalue weighted by Crippen LogP contribution is 2.04. The zero-order chi connectivity index (χ0) is 15.2. The first-order chi connectivity index (χ1) is 10.8. The molecule has 1 aromatic heterocycles. The van der Waals surface area contributed by atoms with Crippen LogP contribution in [0, 0.1) is 0 Å². The molecule has 2 heterocycles. The number of carbonyl (C=O) groups excluding carboxylic acids is 1. The second kappa shape index (κ2) is 7.00. The molecule has 1 aliphatic heterocycles. The number of hydrogen-bond donors (Lipinski definition) is 2. The molecule has 0 atom stereocenters. The van der Waals surface area contributed by atoms with Crippen molar-refractivity contribution in [1.29, 1.82) is 0 Å². The molecule has 0 saturated heterocycles. The quantitative estimate of drug-likeness (QED) is 0.807. The van der Waals surface area contributed by atoms with Gasteiger partial charge in [-0.15, -0.1) is 5.10 Å². The van der Waals surface area contributed by atoms with Crippen LogP contribution in [0.5, 0.6) is 0 Å². The van der Waals surface area contributed by atoms with Gasteiger partial charge < -0.3 is 10.6 Å². The van der Waals surface area contributed by atoms with Gasteiger partial charge in [0.25, 0.3) is 5.91 Å². The lowest BCUT2D eigenvalue weighted by atomic mass is 10.1. The molecule has 2 aromatic rings. The molecule has 0 saturated carbocycles. The number of rotatable bonds is 5. The van der Waals surface area contributed by atoms with E-state index in [4.69, 9.17) is 0 Å². The van der Waals surface area contributed by atoms with E-state index in [-0.39, 0.29) is 5.91 Å². The largest absolute Gasteiger partial charge is 0.347 e. The summed E-state index contributed by atoms with van der Waals surface area (Å²) >= 11 is 0. The van der Waals surface area contributed by atoms with Crippen LogP contribution in [0.15, 0.2) is 48.2 Å². The van der Waals surface area contributed by atoms with E-state index in [1.54, 1.807) is 10.9 Å². The summed E-state index contributed by atoms with van der Waals surface area (Å²) in [6.45, 7) is 3.03. The van der Waals surface area contributed by atoms with Crippen LogP contribution in [0.25, 0.3) is 0 Å². The fraction of sp³-hybridized carbons (Fsp3) is 0.312. The number of aromatic nitrogens is 3. The Morgan fingerprint density at radius 3 is 2.95 bits per heavy atom. The minimum absolute atomic E-state index is 0.182. The third-order valence-electron chi connectivity index (χ3n) is 3.59. The molecule has 0 unspecified atom stereocenters. The maximum atomic E-state index is 12.1. The number of nitrogens with one attached hydrogen (secondary N) is 2. The Balaban J connectivity index is 1.56. The number of nitrogens with zero attached hydrogens (tertiary/aromatic N) is 3. The van der Waals surface area contributed by atoms with E-state index in [0.29, 0.717) is 18.8 Å². The molecule has 1 amide bonds. The van der Waals surface area contributed by atoms with Crippen molar-refractivity contribution >= 4 is 5.91 Å². The lowest BCUT2D eigenvalue weighted by Gasteiger charge is -2.13. The molecule has 2 N–H and O–H groups in total. The van der Waals surface area contributed by atoms with Crippen LogP contribution in [0.4, 0.5) is 0 Å². The van der Waals surface area contributed by atoms with Crippen LogP contribution in [-0.4, -0.2) is 40.5 Å². The summed E-state index contributed by atoms with van der Waals surface area (Å²) in [4.78, 5) is 12.1. The first kappa shape index (κ1) is 14.5. The van der Waals surface area contributed by atoms with Crippen LogP contribution >= 0.6 is 0 Å². The average molecular weight is 297 g/mol. The van der Waals surface area contributed by atoms with E-state index in [9.17, 15) is 4.79 Å². The van der Waals surface area contributed by atoms with Crippen molar-refractivity contribution in [3.05, 3.63) is 59.4 Å². The van der Waals surface area contributed by atoms with Crippen molar-refractivity contribution in [2.24, 2.45) is 0 Å². The minimum Gasteiger partial charge on any atom is -0.347 e. The van der Waals surface area contributed by atoms with Crippen LogP contribution in [0.3, 0.4) is 0 Å². The minimum atomic E-state index is -0.182. The summed E-state index contributed by atoms with van der Waals surface area (Å²) in [6.07, 6.45) is 4.77. The first-order valence-corrected chi connectivity index (χ1v) is 7.42. The third kappa shape index (κ3) is 3.79. The van der Waals surface area contributed by atoms with Gasteiger partial charge >= 0.3 is 0 Å². The Bertz CT molecular complexity index is 662. The summed E-state index contributed by atoms with van der Waals surface area (Å²) in [5.74, 6) is -0.182. The van der Waals surface area contributed by atoms with Gasteiger partial charge in [-0.2, -0.15) is 0 Å². The molecule has 1 aliphatic rings. The Kier molecular flexibility index (Phi) is 4.60. The fourth-order valence-electron chi connectivity index (χ4n) is 2.36. The standard InChI is InChI=1S/C16H19N5O/c22-16(18-10-13-6-8-17-9-7-13)15-12-21(20-19-15)11-14-4-2-1-3-5-14/h1-6,12,17H,7-11H2,(H,18,22). The van der Waals surface area contributed by atoms with Gasteiger partial charge in [-0.1, -0.05) is 47.2 Å². The van der Waals surface area contributed by atoms with Crippen molar-refractivity contribution in [3.8, 4) is 0 Å². The Morgan fingerprint density at radius 2 is 2.18 bits per heavy atom. The highest BCUT2D eigenvalue weighted by molar-refractivity contribution is 5.91. The molecule has 0 spiro atoms. The second-order valence-corrected chi connectivity index (χ2v) is 5.29. The maximum absolute atomic E-state index is 12.1. The summed E-state index contributed by atoms with van der Waals surface area (Å²) in [5, 5.41) is 14.1. The number of hydrogen-bond acceptors (Lipinski definition) is 4. The molecule has 1 aromatic carbocycles. The van der Waals surface area contributed by atoms with Crippen molar-refractivity contribution < 1.29 is 4.79 Å². The zero-order valence-electron chi connectivity index (χ0n) is 12.3. The lowest BCUT2D eigenvalue weighted by Crippen LogP contribution is -2.29. The number of benzene rings is 1. The molecule has 0 fully saturated rings. The van der Waals surface area contributed by atoms with Crippen LogP contribution in [0.1, 0.15) is 22.5 Å². The van der Waals surface area contributed by atoms with Gasteiger partial charge in [0.2, 0.25) is 0 Å². The molecule has 22 heavy (non-hydrogen) atoms. The topological polar surface area (TPSA) is 71.8 Å². The van der Waals surface area contributed by atoms with E-state index < -0.39 is 0 Å². The lowest BCUT2D eigenvalue weighted by molar-refractivity contribution is 0.0951. The van der Waals surface area contributed by atoms with E-state index >= 15 is 0 Å². The van der Waals surface area contributed by atoms with Gasteiger partial charge in [-0.3, -0.25) is 4.79 Å². The molecule has 0 bridgehead atoms. The molecule has 114 valence electrons. The van der Waals surface area contributed by atoms with Crippen molar-refractivity contribution in [2.45, 2.75) is 13.0 Å². The van der Waals surface area contributed by atoms with Crippen LogP contribution in [-0.2, 0) is 6.54 Å². The molecular formula is C16H19N5O. The molecule has 6 nitrogen and oxygen atoms in total. The van der Waals surface area contributed by atoms with Crippen LogP contribution in [0.2, 0.25) is 0 Å². The predicted molar refractivity (Wildman–Crippen MR) is 83.5 cm³/mol. The fourth-order valence-corrected chi connectivity index (χ4v) is 2.36. The van der Waals surface area contributed by atoms with E-state index in [1.165, 1.54) is 5.57 Å². The first-order valence-electron chi connectivity index (χ1n) is 7.42. The van der Waals surface area contributed by atoms with Crippen molar-refractivity contribution in [3.63, 3.8) is 0 Å². The monoisotopic (exact) mass is 297 g/mol. The average Bonchev–Trinajstić information content (AvgIpc) is 3.03. The van der Waals surface area contributed by atoms with Gasteiger partial charge in [0.15, 0.2) is 5.69 Å². The number of amides is 1. The van der Waals surface area contributed by atoms with Crippen molar-refractivity contribution in [1.82, 2.24) is 25.6 Å². The van der Waals surface area contributed by atoms with Gasteiger partial charge in [0, 0.05) is 13.1 Å². The Labute approximate surface area is 129 Å². The normalized spacial score (nSPS) is 14.5. The van der Waals surface area contributed by atoms with Gasteiger partial charge in [-0.25, -0.2) is 4.68 Å². The highest BCUT2D eigenvalue weighted by atomic mass is 16.2.